The van der Waals surface area contributed by atoms with Gasteiger partial charge in [-0.15, -0.1) is 0 Å². The predicted octanol–water partition coefficient (Wildman–Crippen LogP) is 2.11. The summed E-state index contributed by atoms with van der Waals surface area (Å²) in [5, 5.41) is 0. The van der Waals surface area contributed by atoms with E-state index in [0.29, 0.717) is 11.1 Å². The second-order valence-electron chi connectivity index (χ2n) is 7.76. The number of nitrogens with zero attached hydrogens (tertiary/aromatic N) is 1. The molecule has 6 nitrogen and oxygen atoms in total. The van der Waals surface area contributed by atoms with Gasteiger partial charge in [-0.2, -0.15) is 0 Å². The van der Waals surface area contributed by atoms with Gasteiger partial charge in [0.05, 0.1) is 23.3 Å². The second kappa shape index (κ2) is 6.46. The summed E-state index contributed by atoms with van der Waals surface area (Å²) in [6, 6.07) is 5.18. The molecule has 1 saturated heterocycles. The number of sulfonamides is 1. The van der Waals surface area contributed by atoms with Crippen molar-refractivity contribution in [3.63, 3.8) is 0 Å². The highest BCUT2D eigenvalue weighted by atomic mass is 32.2. The highest BCUT2D eigenvalue weighted by molar-refractivity contribution is 7.89. The van der Waals surface area contributed by atoms with Gasteiger partial charge in [-0.3, -0.25) is 14.5 Å². The van der Waals surface area contributed by atoms with Crippen molar-refractivity contribution in [3.8, 4) is 0 Å². The SMILES string of the molecule is Cc1ccc(CN2C(=O)C3CCCCC3C2=O)cc1S(=O)(=O)NC1CC1. The van der Waals surface area contributed by atoms with Crippen molar-refractivity contribution in [3.05, 3.63) is 29.3 Å². The normalized spacial score (nSPS) is 26.3. The number of hydrogen-bond acceptors (Lipinski definition) is 4. The summed E-state index contributed by atoms with van der Waals surface area (Å²) >= 11 is 0. The maximum Gasteiger partial charge on any atom is 0.241 e. The Balaban J connectivity index is 1.58. The van der Waals surface area contributed by atoms with Crippen LogP contribution in [0.5, 0.6) is 0 Å². The van der Waals surface area contributed by atoms with Crippen molar-refractivity contribution in [2.24, 2.45) is 11.8 Å². The average Bonchev–Trinajstić information content (AvgIpc) is 3.39. The third kappa shape index (κ3) is 3.18. The minimum Gasteiger partial charge on any atom is -0.278 e. The number of carbonyl (C=O) groups is 2. The van der Waals surface area contributed by atoms with Crippen LogP contribution in [0.1, 0.15) is 49.7 Å². The number of nitrogens with one attached hydrogen (secondary N) is 1. The maximum absolute atomic E-state index is 12.6. The lowest BCUT2D eigenvalue weighted by Crippen LogP contribution is -2.31. The van der Waals surface area contributed by atoms with Gasteiger partial charge in [-0.25, -0.2) is 13.1 Å². The molecule has 2 atom stereocenters. The van der Waals surface area contributed by atoms with Gasteiger partial charge in [0, 0.05) is 6.04 Å². The molecular weight excluding hydrogens is 352 g/mol. The molecule has 7 heteroatoms. The summed E-state index contributed by atoms with van der Waals surface area (Å²) in [5.41, 5.74) is 1.33. The van der Waals surface area contributed by atoms with Crippen LogP contribution < -0.4 is 4.72 Å². The molecule has 3 aliphatic rings. The van der Waals surface area contributed by atoms with E-state index in [1.165, 1.54) is 4.90 Å². The summed E-state index contributed by atoms with van der Waals surface area (Å²) in [7, 11) is -3.57. The predicted molar refractivity (Wildman–Crippen MR) is 95.5 cm³/mol. The van der Waals surface area contributed by atoms with Crippen LogP contribution in [-0.2, 0) is 26.2 Å². The fourth-order valence-corrected chi connectivity index (χ4v) is 5.69. The number of carbonyl (C=O) groups excluding carboxylic acids is 2. The number of hydrogen-bond donors (Lipinski definition) is 1. The number of benzene rings is 1. The fraction of sp³-hybridized carbons (Fsp3) is 0.579. The molecule has 4 rings (SSSR count). The molecule has 2 saturated carbocycles. The Morgan fingerprint density at radius 2 is 1.65 bits per heavy atom. The molecule has 0 aromatic heterocycles. The van der Waals surface area contributed by atoms with Gasteiger partial charge < -0.3 is 0 Å². The highest BCUT2D eigenvalue weighted by Gasteiger charge is 2.47. The molecule has 1 aromatic carbocycles. The highest BCUT2D eigenvalue weighted by Crippen LogP contribution is 2.38. The van der Waals surface area contributed by atoms with Gasteiger partial charge in [0.15, 0.2) is 0 Å². The standard InChI is InChI=1S/C19H24N2O4S/c1-12-6-7-13(10-17(12)26(24,25)20-14-8-9-14)11-21-18(22)15-4-2-3-5-16(15)19(21)23/h6-7,10,14-16,20H,2-5,8-9,11H2,1H3. The van der Waals surface area contributed by atoms with Crippen LogP contribution >= 0.6 is 0 Å². The smallest absolute Gasteiger partial charge is 0.241 e. The Morgan fingerprint density at radius 1 is 1.04 bits per heavy atom. The van der Waals surface area contributed by atoms with Gasteiger partial charge in [0.1, 0.15) is 0 Å². The van der Waals surface area contributed by atoms with Crippen LogP contribution in [-0.4, -0.2) is 31.2 Å². The number of fused-ring (bicyclic) bond motifs is 1. The molecule has 1 aliphatic heterocycles. The Hall–Kier alpha value is -1.73. The van der Waals surface area contributed by atoms with Crippen LogP contribution in [0.25, 0.3) is 0 Å². The van der Waals surface area contributed by atoms with Gasteiger partial charge in [0.25, 0.3) is 0 Å². The van der Waals surface area contributed by atoms with E-state index in [1.54, 1.807) is 25.1 Å². The van der Waals surface area contributed by atoms with E-state index in [-0.39, 0.29) is 41.1 Å². The molecule has 140 valence electrons. The quantitative estimate of drug-likeness (QED) is 0.798. The van der Waals surface area contributed by atoms with Gasteiger partial charge in [-0.1, -0.05) is 25.0 Å². The molecule has 2 amide bonds. The van der Waals surface area contributed by atoms with E-state index < -0.39 is 10.0 Å². The molecule has 2 unspecified atom stereocenters. The molecule has 26 heavy (non-hydrogen) atoms. The first kappa shape index (κ1) is 17.7. The summed E-state index contributed by atoms with van der Waals surface area (Å²) < 4.78 is 27.8. The average molecular weight is 376 g/mol. The molecule has 3 fully saturated rings. The van der Waals surface area contributed by atoms with Crippen molar-refractivity contribution in [2.75, 3.05) is 0 Å². The monoisotopic (exact) mass is 376 g/mol. The minimum atomic E-state index is -3.57. The summed E-state index contributed by atoms with van der Waals surface area (Å²) in [5.74, 6) is -0.551. The summed E-state index contributed by atoms with van der Waals surface area (Å²) in [6.45, 7) is 1.91. The molecule has 0 spiro atoms. The van der Waals surface area contributed by atoms with Crippen molar-refractivity contribution < 1.29 is 18.0 Å². The Bertz CT molecular complexity index is 836. The molecule has 1 aromatic rings. The number of aryl methyl sites for hydroxylation is 1. The molecule has 1 heterocycles. The molecule has 0 bridgehead atoms. The Morgan fingerprint density at radius 3 is 2.23 bits per heavy atom. The lowest BCUT2D eigenvalue weighted by atomic mass is 9.81. The van der Waals surface area contributed by atoms with Crippen LogP contribution in [0, 0.1) is 18.8 Å². The molecule has 0 radical (unpaired) electrons. The molecule has 1 N–H and O–H groups in total. The minimum absolute atomic E-state index is 0.0351. The zero-order valence-corrected chi connectivity index (χ0v) is 15.7. The van der Waals surface area contributed by atoms with Gasteiger partial charge >= 0.3 is 0 Å². The lowest BCUT2D eigenvalue weighted by molar-refractivity contribution is -0.140. The lowest BCUT2D eigenvalue weighted by Gasteiger charge is -2.19. The van der Waals surface area contributed by atoms with E-state index in [2.05, 4.69) is 4.72 Å². The van der Waals surface area contributed by atoms with Gasteiger partial charge in [0.2, 0.25) is 21.8 Å². The van der Waals surface area contributed by atoms with Crippen LogP contribution in [0.3, 0.4) is 0 Å². The van der Waals surface area contributed by atoms with E-state index in [4.69, 9.17) is 0 Å². The molecular formula is C19H24N2O4S. The van der Waals surface area contributed by atoms with E-state index in [0.717, 1.165) is 38.5 Å². The third-order valence-corrected chi connectivity index (χ3v) is 7.38. The van der Waals surface area contributed by atoms with E-state index in [1.807, 2.05) is 0 Å². The first-order valence-electron chi connectivity index (χ1n) is 9.34. The number of likely N-dealkylation sites (tertiary alicyclic amines) is 1. The van der Waals surface area contributed by atoms with Crippen LogP contribution in [0.2, 0.25) is 0 Å². The largest absolute Gasteiger partial charge is 0.278 e. The first-order valence-corrected chi connectivity index (χ1v) is 10.8. The summed E-state index contributed by atoms with van der Waals surface area (Å²) in [6.07, 6.45) is 5.30. The first-order chi connectivity index (χ1) is 12.4. The summed E-state index contributed by atoms with van der Waals surface area (Å²) in [4.78, 5) is 26.8. The van der Waals surface area contributed by atoms with E-state index >= 15 is 0 Å². The maximum atomic E-state index is 12.6. The van der Waals surface area contributed by atoms with E-state index in [9.17, 15) is 18.0 Å². The van der Waals surface area contributed by atoms with Crippen LogP contribution in [0.15, 0.2) is 23.1 Å². The Labute approximate surface area is 154 Å². The topological polar surface area (TPSA) is 83.6 Å². The van der Waals surface area contributed by atoms with Crippen LogP contribution in [0.4, 0.5) is 0 Å². The van der Waals surface area contributed by atoms with Crippen molar-refractivity contribution >= 4 is 21.8 Å². The zero-order valence-electron chi connectivity index (χ0n) is 14.9. The Kier molecular flexibility index (Phi) is 4.39. The fourth-order valence-electron chi connectivity index (χ4n) is 4.09. The number of imide groups is 1. The van der Waals surface area contributed by atoms with Crippen molar-refractivity contribution in [2.45, 2.75) is 62.9 Å². The second-order valence-corrected chi connectivity index (χ2v) is 9.44. The van der Waals surface area contributed by atoms with Crippen molar-refractivity contribution in [1.82, 2.24) is 9.62 Å². The number of rotatable bonds is 5. The third-order valence-electron chi connectivity index (χ3n) is 5.71. The van der Waals surface area contributed by atoms with Crippen molar-refractivity contribution in [1.29, 1.82) is 0 Å². The zero-order chi connectivity index (χ0) is 18.5. The number of amides is 2. The van der Waals surface area contributed by atoms with Gasteiger partial charge in [-0.05, 0) is 49.8 Å². The molecule has 2 aliphatic carbocycles.